The first kappa shape index (κ1) is 16.3. The largest absolute Gasteiger partial charge is 0.391 e. The van der Waals surface area contributed by atoms with Crippen molar-refractivity contribution in [1.82, 2.24) is 24.6 Å². The number of benzene rings is 1. The van der Waals surface area contributed by atoms with Crippen LogP contribution in [-0.2, 0) is 0 Å². The molecule has 1 unspecified atom stereocenters. The van der Waals surface area contributed by atoms with Crippen molar-refractivity contribution in [3.63, 3.8) is 0 Å². The first-order valence-corrected chi connectivity index (χ1v) is 8.78. The quantitative estimate of drug-likeness (QED) is 0.486. The van der Waals surface area contributed by atoms with Gasteiger partial charge in [-0.2, -0.15) is 5.10 Å². The van der Waals surface area contributed by atoms with Crippen LogP contribution < -0.4 is 10.6 Å². The summed E-state index contributed by atoms with van der Waals surface area (Å²) in [5.74, 6) is -0.202. The van der Waals surface area contributed by atoms with Gasteiger partial charge in [-0.3, -0.25) is 10.1 Å². The molecule has 8 nitrogen and oxygen atoms in total. The van der Waals surface area contributed by atoms with E-state index in [9.17, 15) is 5.11 Å². The van der Waals surface area contributed by atoms with Gasteiger partial charge < -0.3 is 20.1 Å². The smallest absolute Gasteiger partial charge is 0.167 e. The number of fused-ring (bicyclic) bond motifs is 2. The molecule has 3 aromatic heterocycles. The highest BCUT2D eigenvalue weighted by molar-refractivity contribution is 6.35. The Hall–Kier alpha value is -2.91. The van der Waals surface area contributed by atoms with E-state index in [-0.39, 0.29) is 5.02 Å². The Bertz CT molecular complexity index is 1190. The Balaban J connectivity index is 1.75. The summed E-state index contributed by atoms with van der Waals surface area (Å²) in [5.41, 5.74) is 8.06. The van der Waals surface area contributed by atoms with Crippen molar-refractivity contribution in [3.8, 4) is 11.3 Å². The predicted molar refractivity (Wildman–Crippen MR) is 100 cm³/mol. The van der Waals surface area contributed by atoms with Crippen LogP contribution in [0.1, 0.15) is 6.42 Å². The lowest BCUT2D eigenvalue weighted by Crippen LogP contribution is -2.23. The van der Waals surface area contributed by atoms with E-state index < -0.39 is 11.9 Å². The molecule has 138 valence electrons. The first-order valence-electron chi connectivity index (χ1n) is 8.40. The Kier molecular flexibility index (Phi) is 3.49. The molecule has 27 heavy (non-hydrogen) atoms. The van der Waals surface area contributed by atoms with Crippen molar-refractivity contribution in [2.75, 3.05) is 23.7 Å². The molecular formula is C17H15ClFN7O. The molecule has 0 aliphatic carbocycles. The number of nitrogens with one attached hydrogen (secondary N) is 1. The lowest BCUT2D eigenvalue weighted by atomic mass is 10.0. The number of aromatic nitrogens is 5. The van der Waals surface area contributed by atoms with Gasteiger partial charge in [0.25, 0.3) is 0 Å². The number of hydrogen-bond acceptors (Lipinski definition) is 6. The number of aliphatic hydroxyl groups is 1. The Morgan fingerprint density at radius 1 is 1.33 bits per heavy atom. The Morgan fingerprint density at radius 2 is 2.19 bits per heavy atom. The fraction of sp³-hybridized carbons (Fsp3) is 0.235. The number of nitrogens with zero attached hydrogens (tertiary/aromatic N) is 5. The summed E-state index contributed by atoms with van der Waals surface area (Å²) in [5, 5.41) is 17.4. The Morgan fingerprint density at radius 3 is 2.96 bits per heavy atom. The molecule has 0 radical (unpaired) electrons. The zero-order valence-electron chi connectivity index (χ0n) is 14.0. The first-order chi connectivity index (χ1) is 13.0. The third-order valence-electron chi connectivity index (χ3n) is 4.86. The highest BCUT2D eigenvalue weighted by Gasteiger charge is 2.29. The van der Waals surface area contributed by atoms with Crippen molar-refractivity contribution in [2.24, 2.45) is 0 Å². The minimum absolute atomic E-state index is 0.0415. The summed E-state index contributed by atoms with van der Waals surface area (Å²) in [6, 6.07) is 0. The topological polar surface area (TPSA) is 108 Å². The Labute approximate surface area is 157 Å². The molecule has 1 aliphatic heterocycles. The second-order valence-electron chi connectivity index (χ2n) is 6.60. The van der Waals surface area contributed by atoms with Crippen molar-refractivity contribution in [3.05, 3.63) is 35.6 Å². The summed E-state index contributed by atoms with van der Waals surface area (Å²) in [6.45, 7) is 0.889. The highest BCUT2D eigenvalue weighted by atomic mass is 35.5. The number of H-pyrrole nitrogens is 1. The summed E-state index contributed by atoms with van der Waals surface area (Å²) in [6.07, 6.45) is 6.59. The van der Waals surface area contributed by atoms with Crippen molar-refractivity contribution in [2.45, 2.75) is 12.5 Å². The molecule has 0 bridgehead atoms. The van der Waals surface area contributed by atoms with E-state index in [1.165, 1.54) is 0 Å². The maximum atomic E-state index is 15.3. The number of halogens is 2. The number of nitrogens with two attached hydrogens (primary N) is 1. The summed E-state index contributed by atoms with van der Waals surface area (Å²) >= 11 is 6.44. The highest BCUT2D eigenvalue weighted by Crippen LogP contribution is 2.42. The number of aliphatic hydroxyl groups excluding tert-OH is 1. The standard InChI is InChI=1S/C17H15ClFN7O/c18-14-13(10-6-26-7-11(20)23-12(26)4-21-10)9-3-22-24-16(9)17(15(14)19)25-2-1-8(27)5-25/h3-4,6-8,27H,1-2,5,20H2,(H,22,24). The van der Waals surface area contributed by atoms with Crippen LogP contribution in [0.5, 0.6) is 0 Å². The van der Waals surface area contributed by atoms with Crippen LogP contribution in [0.2, 0.25) is 5.02 Å². The van der Waals surface area contributed by atoms with Gasteiger partial charge in [0.15, 0.2) is 11.5 Å². The number of rotatable bonds is 2. The van der Waals surface area contributed by atoms with Crippen LogP contribution in [0.25, 0.3) is 27.8 Å². The van der Waals surface area contributed by atoms with Crippen molar-refractivity contribution < 1.29 is 9.50 Å². The lowest BCUT2D eigenvalue weighted by molar-refractivity contribution is 0.198. The van der Waals surface area contributed by atoms with Gasteiger partial charge in [-0.15, -0.1) is 0 Å². The molecule has 1 saturated heterocycles. The second-order valence-corrected chi connectivity index (χ2v) is 6.98. The maximum absolute atomic E-state index is 15.3. The molecule has 10 heteroatoms. The van der Waals surface area contributed by atoms with Gasteiger partial charge in [-0.25, -0.2) is 9.37 Å². The third-order valence-corrected chi connectivity index (χ3v) is 5.22. The van der Waals surface area contributed by atoms with Gasteiger partial charge in [0.05, 0.1) is 40.9 Å². The van der Waals surface area contributed by atoms with Gasteiger partial charge in [-0.05, 0) is 6.42 Å². The zero-order valence-corrected chi connectivity index (χ0v) is 14.8. The van der Waals surface area contributed by atoms with E-state index in [4.69, 9.17) is 17.3 Å². The van der Waals surface area contributed by atoms with Crippen molar-refractivity contribution >= 4 is 39.7 Å². The fourth-order valence-electron chi connectivity index (χ4n) is 3.64. The van der Waals surface area contributed by atoms with Gasteiger partial charge in [0.1, 0.15) is 11.5 Å². The molecule has 0 saturated carbocycles. The van der Waals surface area contributed by atoms with E-state index >= 15 is 4.39 Å². The van der Waals surface area contributed by atoms with Gasteiger partial charge >= 0.3 is 0 Å². The third kappa shape index (κ3) is 2.42. The molecule has 4 heterocycles. The number of imidazole rings is 1. The molecule has 1 fully saturated rings. The van der Waals surface area contributed by atoms with Gasteiger partial charge in [0, 0.05) is 30.2 Å². The second kappa shape index (κ2) is 5.80. The van der Waals surface area contributed by atoms with Crippen LogP contribution in [0, 0.1) is 5.82 Å². The summed E-state index contributed by atoms with van der Waals surface area (Å²) in [7, 11) is 0. The minimum Gasteiger partial charge on any atom is -0.391 e. The number of aromatic amines is 1. The molecule has 5 rings (SSSR count). The van der Waals surface area contributed by atoms with E-state index in [0.29, 0.717) is 58.8 Å². The number of nitrogen functional groups attached to an aromatic ring is 1. The van der Waals surface area contributed by atoms with Gasteiger partial charge in [-0.1, -0.05) is 11.6 Å². The molecule has 0 amide bonds. The molecule has 4 aromatic rings. The predicted octanol–water partition coefficient (Wildman–Crippen LogP) is 2.22. The van der Waals surface area contributed by atoms with E-state index in [0.717, 1.165) is 0 Å². The summed E-state index contributed by atoms with van der Waals surface area (Å²) < 4.78 is 17.0. The SMILES string of the molecule is Nc1cn2cc(-c3c(Cl)c(F)c(N4CCC(O)C4)c4[nH]ncc34)ncc2n1. The lowest BCUT2D eigenvalue weighted by Gasteiger charge is -2.21. The average molecular weight is 388 g/mol. The van der Waals surface area contributed by atoms with E-state index in [1.807, 2.05) is 0 Å². The van der Waals surface area contributed by atoms with Crippen molar-refractivity contribution in [1.29, 1.82) is 0 Å². The van der Waals surface area contributed by atoms with Crippen LogP contribution in [0.15, 0.2) is 24.8 Å². The molecule has 1 aliphatic rings. The normalized spacial score (nSPS) is 17.4. The monoisotopic (exact) mass is 387 g/mol. The number of β-amino-alcohol motifs (C(OH)–C–C–N with tert-alkyl or cyclic N) is 1. The van der Waals surface area contributed by atoms with E-state index in [2.05, 4.69) is 20.2 Å². The maximum Gasteiger partial charge on any atom is 0.167 e. The molecule has 1 aromatic carbocycles. The number of hydrogen-bond donors (Lipinski definition) is 3. The fourth-order valence-corrected chi connectivity index (χ4v) is 3.93. The van der Waals surface area contributed by atoms with Gasteiger partial charge in [0.2, 0.25) is 0 Å². The molecule has 1 atom stereocenters. The summed E-state index contributed by atoms with van der Waals surface area (Å²) in [4.78, 5) is 10.3. The van der Waals surface area contributed by atoms with E-state index in [1.54, 1.807) is 34.1 Å². The minimum atomic E-state index is -0.565. The average Bonchev–Trinajstić information content (AvgIpc) is 3.35. The molecule has 0 spiro atoms. The van der Waals surface area contributed by atoms with Crippen LogP contribution >= 0.6 is 11.6 Å². The zero-order chi connectivity index (χ0) is 18.7. The van der Waals surface area contributed by atoms with Crippen LogP contribution in [0.3, 0.4) is 0 Å². The molecule has 4 N–H and O–H groups in total. The van der Waals surface area contributed by atoms with Crippen LogP contribution in [-0.4, -0.2) is 48.9 Å². The number of anilines is 2. The molecular weight excluding hydrogens is 373 g/mol. The van der Waals surface area contributed by atoms with Crippen LogP contribution in [0.4, 0.5) is 15.9 Å².